The Morgan fingerprint density at radius 2 is 2.12 bits per heavy atom. The molecule has 2 amide bonds. The van der Waals surface area contributed by atoms with Gasteiger partial charge < -0.3 is 16.2 Å². The molecular weight excluding hydrogens is 476 g/mol. The zero-order valence-electron chi connectivity index (χ0n) is 17.4. The van der Waals surface area contributed by atoms with Gasteiger partial charge in [-0.25, -0.2) is 13.2 Å². The summed E-state index contributed by atoms with van der Waals surface area (Å²) in [5.74, 6) is -0.454. The van der Waals surface area contributed by atoms with Crippen LogP contribution in [0.2, 0.25) is 0 Å². The second kappa shape index (κ2) is 9.73. The number of rotatable bonds is 9. The van der Waals surface area contributed by atoms with Gasteiger partial charge in [0.2, 0.25) is 15.9 Å². The fourth-order valence-electron chi connectivity index (χ4n) is 3.42. The van der Waals surface area contributed by atoms with Crippen LogP contribution in [0.5, 0.6) is 0 Å². The molecule has 10 nitrogen and oxygen atoms in total. The smallest absolute Gasteiger partial charge is 0.352 e. The number of nitrogens with zero attached hydrogens (tertiary/aromatic N) is 1. The van der Waals surface area contributed by atoms with Gasteiger partial charge in [0.15, 0.2) is 0 Å². The average Bonchev–Trinajstić information content (AvgIpc) is 2.73. The largest absolute Gasteiger partial charge is 0.477 e. The topological polar surface area (TPSA) is 159 Å². The molecule has 1 aromatic rings. The molecule has 0 bridgehead atoms. The molecule has 2 aliphatic heterocycles. The molecule has 13 heteroatoms. The Labute approximate surface area is 194 Å². The van der Waals surface area contributed by atoms with Crippen molar-refractivity contribution < 1.29 is 27.9 Å². The molecule has 1 saturated heterocycles. The first-order valence-corrected chi connectivity index (χ1v) is 13.7. The standard InChI is InChI=1S/C19H24N4O6S3/c1-3-30-8-11-9-31-18-14(17(25)23(18)15(11)19(26)27)21-16(24)13(20)10-5-4-6-12(7-10)22-32(2,28)29/h4-7,13-14,18,22H,3,8-9,20H2,1-2H3,(H,21,24)(H,26,27)/t13-,14?,18-/m1/s1. The summed E-state index contributed by atoms with van der Waals surface area (Å²) < 4.78 is 25.2. The first kappa shape index (κ1) is 24.4. The summed E-state index contributed by atoms with van der Waals surface area (Å²) in [6, 6.07) is 4.07. The van der Waals surface area contributed by atoms with Crippen molar-refractivity contribution in [2.24, 2.45) is 5.73 Å². The van der Waals surface area contributed by atoms with Gasteiger partial charge in [0, 0.05) is 17.2 Å². The summed E-state index contributed by atoms with van der Waals surface area (Å²) in [7, 11) is -3.50. The van der Waals surface area contributed by atoms with Crippen LogP contribution in [0, 0.1) is 0 Å². The number of thioether (sulfide) groups is 2. The number of carboxylic acids is 1. The number of sulfonamides is 1. The maximum Gasteiger partial charge on any atom is 0.352 e. The molecule has 32 heavy (non-hydrogen) atoms. The third kappa shape index (κ3) is 5.22. The van der Waals surface area contributed by atoms with Gasteiger partial charge in [0.05, 0.1) is 6.26 Å². The van der Waals surface area contributed by atoms with Crippen LogP contribution in [0.15, 0.2) is 35.5 Å². The van der Waals surface area contributed by atoms with E-state index in [1.165, 1.54) is 28.8 Å². The molecule has 1 fully saturated rings. The van der Waals surface area contributed by atoms with Crippen molar-refractivity contribution in [2.75, 3.05) is 28.2 Å². The lowest BCUT2D eigenvalue weighted by molar-refractivity contribution is -0.150. The van der Waals surface area contributed by atoms with Crippen LogP contribution in [-0.2, 0) is 24.4 Å². The first-order valence-electron chi connectivity index (χ1n) is 9.65. The molecule has 0 radical (unpaired) electrons. The summed E-state index contributed by atoms with van der Waals surface area (Å²) in [6.07, 6.45) is 1.01. The van der Waals surface area contributed by atoms with Crippen LogP contribution in [-0.4, -0.2) is 71.1 Å². The Hall–Kier alpha value is -2.22. The van der Waals surface area contributed by atoms with E-state index in [1.807, 2.05) is 6.92 Å². The van der Waals surface area contributed by atoms with E-state index < -0.39 is 45.3 Å². The van der Waals surface area contributed by atoms with E-state index in [1.54, 1.807) is 23.9 Å². The minimum atomic E-state index is -3.50. The second-order valence-corrected chi connectivity index (χ2v) is 11.4. The van der Waals surface area contributed by atoms with Gasteiger partial charge in [-0.3, -0.25) is 19.2 Å². The highest BCUT2D eigenvalue weighted by molar-refractivity contribution is 8.01. The lowest BCUT2D eigenvalue weighted by Gasteiger charge is -2.49. The number of carbonyl (C=O) groups is 3. The quantitative estimate of drug-likeness (QED) is 0.355. The molecule has 3 atom stereocenters. The number of aliphatic carboxylic acids is 1. The fraction of sp³-hybridized carbons (Fsp3) is 0.421. The predicted octanol–water partition coefficient (Wildman–Crippen LogP) is 0.550. The number of nitrogens with two attached hydrogens (primary N) is 1. The highest BCUT2D eigenvalue weighted by Gasteiger charge is 2.54. The number of hydrogen-bond donors (Lipinski definition) is 4. The Bertz CT molecular complexity index is 1070. The van der Waals surface area contributed by atoms with Gasteiger partial charge in [-0.05, 0) is 29.0 Å². The number of nitrogens with one attached hydrogen (secondary N) is 2. The number of benzene rings is 1. The summed E-state index contributed by atoms with van der Waals surface area (Å²) in [5.41, 5.74) is 7.34. The minimum absolute atomic E-state index is 0.00551. The van der Waals surface area contributed by atoms with Crippen LogP contribution < -0.4 is 15.8 Å². The van der Waals surface area contributed by atoms with Crippen LogP contribution in [0.1, 0.15) is 18.5 Å². The maximum atomic E-state index is 12.7. The lowest BCUT2D eigenvalue weighted by atomic mass is 10.0. The highest BCUT2D eigenvalue weighted by Crippen LogP contribution is 2.41. The molecule has 2 heterocycles. The van der Waals surface area contributed by atoms with Crippen LogP contribution in [0.4, 0.5) is 5.69 Å². The second-order valence-electron chi connectivity index (χ2n) is 7.27. The molecular formula is C19H24N4O6S3. The minimum Gasteiger partial charge on any atom is -0.477 e. The number of fused-ring (bicyclic) bond motifs is 1. The van der Waals surface area contributed by atoms with Crippen molar-refractivity contribution in [3.8, 4) is 0 Å². The zero-order chi connectivity index (χ0) is 23.6. The molecule has 3 rings (SSSR count). The summed E-state index contributed by atoms with van der Waals surface area (Å²) in [6.45, 7) is 1.97. The monoisotopic (exact) mass is 500 g/mol. The van der Waals surface area contributed by atoms with E-state index in [2.05, 4.69) is 10.0 Å². The fourth-order valence-corrected chi connectivity index (χ4v) is 6.14. The van der Waals surface area contributed by atoms with E-state index in [-0.39, 0.29) is 11.4 Å². The van der Waals surface area contributed by atoms with Gasteiger partial charge >= 0.3 is 5.97 Å². The summed E-state index contributed by atoms with van der Waals surface area (Å²) in [4.78, 5) is 38.4. The first-order chi connectivity index (χ1) is 15.0. The van der Waals surface area contributed by atoms with E-state index in [4.69, 9.17) is 5.73 Å². The number of anilines is 1. The van der Waals surface area contributed by atoms with Gasteiger partial charge in [-0.15, -0.1) is 11.8 Å². The van der Waals surface area contributed by atoms with Crippen molar-refractivity contribution >= 4 is 57.0 Å². The molecule has 2 aliphatic rings. The van der Waals surface area contributed by atoms with Gasteiger partial charge in [0.1, 0.15) is 23.2 Å². The molecule has 1 unspecified atom stereocenters. The Kier molecular flexibility index (Phi) is 7.43. The van der Waals surface area contributed by atoms with Crippen molar-refractivity contribution in [3.05, 3.63) is 41.1 Å². The molecule has 174 valence electrons. The molecule has 5 N–H and O–H groups in total. The van der Waals surface area contributed by atoms with Crippen molar-refractivity contribution in [1.29, 1.82) is 0 Å². The van der Waals surface area contributed by atoms with Crippen LogP contribution in [0.25, 0.3) is 0 Å². The molecule has 0 aromatic heterocycles. The molecule has 0 saturated carbocycles. The Morgan fingerprint density at radius 1 is 1.41 bits per heavy atom. The Balaban J connectivity index is 1.71. The molecule has 0 aliphatic carbocycles. The van der Waals surface area contributed by atoms with Gasteiger partial charge in [-0.2, -0.15) is 11.8 Å². The Morgan fingerprint density at radius 3 is 2.75 bits per heavy atom. The van der Waals surface area contributed by atoms with E-state index in [9.17, 15) is 27.9 Å². The number of carbonyl (C=O) groups excluding carboxylic acids is 2. The summed E-state index contributed by atoms with van der Waals surface area (Å²) >= 11 is 2.98. The maximum absolute atomic E-state index is 12.7. The van der Waals surface area contributed by atoms with Crippen molar-refractivity contribution in [2.45, 2.75) is 24.4 Å². The third-order valence-electron chi connectivity index (χ3n) is 4.86. The number of β-lactam (4-membered cyclic amide) rings is 1. The van der Waals surface area contributed by atoms with Crippen molar-refractivity contribution in [3.63, 3.8) is 0 Å². The van der Waals surface area contributed by atoms with Crippen LogP contribution in [0.3, 0.4) is 0 Å². The predicted molar refractivity (Wildman–Crippen MR) is 125 cm³/mol. The summed E-state index contributed by atoms with van der Waals surface area (Å²) in [5, 5.41) is 11.7. The zero-order valence-corrected chi connectivity index (χ0v) is 19.9. The van der Waals surface area contributed by atoms with Gasteiger partial charge in [-0.1, -0.05) is 19.1 Å². The normalized spacial score (nSPS) is 21.5. The van der Waals surface area contributed by atoms with Crippen LogP contribution >= 0.6 is 23.5 Å². The average molecular weight is 501 g/mol. The number of amides is 2. The number of carboxylic acid groups (broad SMARTS) is 1. The van der Waals surface area contributed by atoms with E-state index >= 15 is 0 Å². The molecule has 0 spiro atoms. The van der Waals surface area contributed by atoms with Gasteiger partial charge in [0.25, 0.3) is 5.91 Å². The third-order valence-corrected chi connectivity index (χ3v) is 7.77. The van der Waals surface area contributed by atoms with E-state index in [0.29, 0.717) is 22.6 Å². The van der Waals surface area contributed by atoms with E-state index in [0.717, 1.165) is 12.0 Å². The highest BCUT2D eigenvalue weighted by atomic mass is 32.2. The SMILES string of the molecule is CCSCC1=C(C(=O)O)N2C(=O)C(NC(=O)[C@H](N)c3cccc(NS(C)(=O)=O)c3)[C@H]2SC1. The molecule has 1 aromatic carbocycles. The van der Waals surface area contributed by atoms with Crippen molar-refractivity contribution in [1.82, 2.24) is 10.2 Å². The lowest BCUT2D eigenvalue weighted by Crippen LogP contribution is -2.71. The number of hydrogen-bond acceptors (Lipinski definition) is 8.